The minimum Gasteiger partial charge on any atom is -0.192 e. The summed E-state index contributed by atoms with van der Waals surface area (Å²) in [4.78, 5) is 10.4. The van der Waals surface area contributed by atoms with Gasteiger partial charge in [-0.3, -0.25) is 0 Å². The average Bonchev–Trinajstić information content (AvgIpc) is 2.49. The van der Waals surface area contributed by atoms with E-state index >= 15 is 0 Å². The lowest BCUT2D eigenvalue weighted by atomic mass is 9.98. The fraction of sp³-hybridized carbons (Fsp3) is 0.143. The Balaban J connectivity index is 1.92. The van der Waals surface area contributed by atoms with Crippen LogP contribution in [-0.2, 0) is 19.9 Å². The summed E-state index contributed by atoms with van der Waals surface area (Å²) in [7, 11) is 0. The predicted molar refractivity (Wildman–Crippen MR) is 62.7 cm³/mol. The lowest BCUT2D eigenvalue weighted by molar-refractivity contribution is -0.693. The topological polar surface area (TPSA) is 36.9 Å². The Labute approximate surface area is 104 Å². The Morgan fingerprint density at radius 2 is 0.944 bits per heavy atom. The van der Waals surface area contributed by atoms with Crippen LogP contribution >= 0.6 is 0 Å². The first kappa shape index (κ1) is 11.4. The fourth-order valence-electron chi connectivity index (χ4n) is 1.96. The van der Waals surface area contributed by atoms with E-state index in [4.69, 9.17) is 9.78 Å². The van der Waals surface area contributed by atoms with Crippen molar-refractivity contribution in [2.75, 3.05) is 0 Å². The first-order valence-electron chi connectivity index (χ1n) is 5.70. The molecule has 0 spiro atoms. The molecule has 2 atom stereocenters. The van der Waals surface area contributed by atoms with Crippen molar-refractivity contribution in [2.45, 2.75) is 12.2 Å². The Morgan fingerprint density at radius 3 is 1.33 bits per heavy atom. The molecule has 92 valence electrons. The Bertz CT molecular complexity index is 438. The molecule has 4 nitrogen and oxygen atoms in total. The molecule has 2 unspecified atom stereocenters. The summed E-state index contributed by atoms with van der Waals surface area (Å²) in [6.07, 6.45) is -0.718. The first-order valence-corrected chi connectivity index (χ1v) is 5.70. The summed E-state index contributed by atoms with van der Waals surface area (Å²) in [5.74, 6) is 0. The normalized spacial score (nSPS) is 23.8. The minimum atomic E-state index is -0.359. The number of hydrogen-bond donors (Lipinski definition) is 0. The maximum Gasteiger partial charge on any atom is 0.155 e. The zero-order valence-electron chi connectivity index (χ0n) is 9.56. The second-order valence-electron chi connectivity index (χ2n) is 3.99. The molecule has 2 aromatic rings. The summed E-state index contributed by atoms with van der Waals surface area (Å²) >= 11 is 0. The van der Waals surface area contributed by atoms with Crippen molar-refractivity contribution < 1.29 is 19.9 Å². The summed E-state index contributed by atoms with van der Waals surface area (Å²) in [6.45, 7) is 0. The van der Waals surface area contributed by atoms with Crippen LogP contribution in [0.25, 0.3) is 0 Å². The molecule has 1 saturated heterocycles. The van der Waals surface area contributed by atoms with E-state index in [0.29, 0.717) is 0 Å². The molecule has 1 aliphatic rings. The van der Waals surface area contributed by atoms with E-state index in [1.54, 1.807) is 0 Å². The largest absolute Gasteiger partial charge is 0.192 e. The van der Waals surface area contributed by atoms with Crippen molar-refractivity contribution in [1.82, 2.24) is 0 Å². The molecule has 18 heavy (non-hydrogen) atoms. The predicted octanol–water partition coefficient (Wildman–Crippen LogP) is 3.29. The van der Waals surface area contributed by atoms with Gasteiger partial charge in [-0.1, -0.05) is 60.7 Å². The molecule has 0 aromatic heterocycles. The third-order valence-corrected chi connectivity index (χ3v) is 2.84. The lowest BCUT2D eigenvalue weighted by Crippen LogP contribution is -2.23. The molecule has 0 amide bonds. The molecule has 1 aliphatic heterocycles. The van der Waals surface area contributed by atoms with Crippen molar-refractivity contribution in [3.8, 4) is 0 Å². The molecule has 3 rings (SSSR count). The van der Waals surface area contributed by atoms with Crippen LogP contribution in [0.2, 0.25) is 0 Å². The first-order chi connectivity index (χ1) is 8.95. The van der Waals surface area contributed by atoms with Crippen LogP contribution in [0.5, 0.6) is 0 Å². The van der Waals surface area contributed by atoms with E-state index in [0.717, 1.165) is 11.1 Å². The van der Waals surface area contributed by atoms with Gasteiger partial charge in [-0.05, 0) is 21.2 Å². The smallest absolute Gasteiger partial charge is 0.155 e. The molecule has 0 N–H and O–H groups in total. The van der Waals surface area contributed by atoms with Gasteiger partial charge in [0.05, 0.1) is 0 Å². The Hall–Kier alpha value is -1.72. The summed E-state index contributed by atoms with van der Waals surface area (Å²) in [5, 5.41) is 8.93. The van der Waals surface area contributed by atoms with Gasteiger partial charge < -0.3 is 0 Å². The third-order valence-electron chi connectivity index (χ3n) is 2.84. The summed E-state index contributed by atoms with van der Waals surface area (Å²) in [6, 6.07) is 19.5. The highest BCUT2D eigenvalue weighted by molar-refractivity contribution is 5.25. The maximum absolute atomic E-state index is 5.18. The number of rotatable bonds is 2. The Kier molecular flexibility index (Phi) is 3.34. The van der Waals surface area contributed by atoms with Crippen LogP contribution in [0.15, 0.2) is 60.7 Å². The molecular weight excluding hydrogens is 232 g/mol. The van der Waals surface area contributed by atoms with Crippen molar-refractivity contribution in [3.63, 3.8) is 0 Å². The van der Waals surface area contributed by atoms with Gasteiger partial charge in [0, 0.05) is 0 Å². The molecule has 2 aromatic carbocycles. The van der Waals surface area contributed by atoms with E-state index in [2.05, 4.69) is 10.1 Å². The summed E-state index contributed by atoms with van der Waals surface area (Å²) < 4.78 is 0. The van der Waals surface area contributed by atoms with Gasteiger partial charge >= 0.3 is 0 Å². The molecule has 0 radical (unpaired) electrons. The monoisotopic (exact) mass is 244 g/mol. The van der Waals surface area contributed by atoms with Crippen molar-refractivity contribution in [1.29, 1.82) is 0 Å². The van der Waals surface area contributed by atoms with Gasteiger partial charge in [0.1, 0.15) is 0 Å². The second kappa shape index (κ2) is 5.29. The number of benzene rings is 2. The van der Waals surface area contributed by atoms with Crippen molar-refractivity contribution in [2.24, 2.45) is 0 Å². The lowest BCUT2D eigenvalue weighted by Gasteiger charge is -2.28. The van der Waals surface area contributed by atoms with Crippen LogP contribution in [0.4, 0.5) is 0 Å². The van der Waals surface area contributed by atoms with Crippen LogP contribution in [0.3, 0.4) is 0 Å². The van der Waals surface area contributed by atoms with E-state index in [1.807, 2.05) is 60.7 Å². The summed E-state index contributed by atoms with van der Waals surface area (Å²) in [5.41, 5.74) is 1.93. The van der Waals surface area contributed by atoms with Gasteiger partial charge in [0.2, 0.25) is 0 Å². The highest BCUT2D eigenvalue weighted by atomic mass is 17.7. The second-order valence-corrected chi connectivity index (χ2v) is 3.99. The standard InChI is InChI=1S/C14H12O4/c1-3-7-11(8-4-1)13-14(16-18-17-15-13)12-9-5-2-6-10-12/h1-10,13-14H. The molecule has 1 heterocycles. The van der Waals surface area contributed by atoms with Crippen LogP contribution < -0.4 is 0 Å². The van der Waals surface area contributed by atoms with E-state index in [-0.39, 0.29) is 12.2 Å². The van der Waals surface area contributed by atoms with Crippen LogP contribution in [0.1, 0.15) is 23.3 Å². The van der Waals surface area contributed by atoms with Crippen molar-refractivity contribution >= 4 is 0 Å². The van der Waals surface area contributed by atoms with E-state index in [9.17, 15) is 0 Å². The maximum atomic E-state index is 5.18. The van der Waals surface area contributed by atoms with Gasteiger partial charge in [-0.2, -0.15) is 9.78 Å². The van der Waals surface area contributed by atoms with Crippen LogP contribution in [-0.4, -0.2) is 0 Å². The van der Waals surface area contributed by atoms with Gasteiger partial charge in [-0.15, -0.1) is 0 Å². The van der Waals surface area contributed by atoms with Crippen LogP contribution in [0, 0.1) is 0 Å². The van der Waals surface area contributed by atoms with E-state index in [1.165, 1.54) is 0 Å². The zero-order chi connectivity index (χ0) is 12.2. The van der Waals surface area contributed by atoms with E-state index < -0.39 is 0 Å². The van der Waals surface area contributed by atoms with Gasteiger partial charge in [0.25, 0.3) is 0 Å². The average molecular weight is 244 g/mol. The fourth-order valence-corrected chi connectivity index (χ4v) is 1.96. The SMILES string of the molecule is c1ccc(C2OOOOC2c2ccccc2)cc1. The highest BCUT2D eigenvalue weighted by Gasteiger charge is 2.33. The molecule has 0 saturated carbocycles. The third kappa shape index (κ3) is 2.27. The zero-order valence-corrected chi connectivity index (χ0v) is 9.56. The van der Waals surface area contributed by atoms with Gasteiger partial charge in [-0.25, -0.2) is 0 Å². The highest BCUT2D eigenvalue weighted by Crippen LogP contribution is 2.38. The molecule has 0 aliphatic carbocycles. The number of hydrogen-bond acceptors (Lipinski definition) is 4. The van der Waals surface area contributed by atoms with Crippen molar-refractivity contribution in [3.05, 3.63) is 71.8 Å². The molecule has 0 bridgehead atoms. The molecule has 1 fully saturated rings. The van der Waals surface area contributed by atoms with Gasteiger partial charge in [0.15, 0.2) is 12.2 Å². The quantitative estimate of drug-likeness (QED) is 0.759. The Morgan fingerprint density at radius 1 is 0.556 bits per heavy atom. The molecular formula is C14H12O4. The minimum absolute atomic E-state index is 0.359. The molecule has 4 heteroatoms.